The van der Waals surface area contributed by atoms with E-state index in [1.807, 2.05) is 10.9 Å². The molecule has 2 N–H and O–H groups in total. The maximum absolute atomic E-state index is 11.6. The molecule has 1 aromatic heterocycles. The van der Waals surface area contributed by atoms with E-state index in [1.54, 1.807) is 13.1 Å². The highest BCUT2D eigenvalue weighted by molar-refractivity contribution is 5.93. The number of carbonyl (C=O) groups excluding carboxylic acids is 1. The zero-order valence-corrected chi connectivity index (χ0v) is 10.8. The summed E-state index contributed by atoms with van der Waals surface area (Å²) in [5.74, 6) is -0.151. The maximum atomic E-state index is 11.6. The lowest BCUT2D eigenvalue weighted by Crippen LogP contribution is -2.29. The standard InChI is InChI=1S/C12H20N4O2/c1-9(18-2)12(17)15-10-7-14-16(8-10)11-3-5-13-6-4-11/h7-9,11,13H,3-6H2,1-2H3,(H,15,17). The highest BCUT2D eigenvalue weighted by Gasteiger charge is 2.17. The number of nitrogens with one attached hydrogen (secondary N) is 2. The van der Waals surface area contributed by atoms with E-state index in [9.17, 15) is 4.79 Å². The minimum Gasteiger partial charge on any atom is -0.372 e. The van der Waals surface area contributed by atoms with Crippen molar-refractivity contribution in [1.29, 1.82) is 0 Å². The SMILES string of the molecule is COC(C)C(=O)Nc1cnn(C2CCNCC2)c1. The largest absolute Gasteiger partial charge is 0.372 e. The van der Waals surface area contributed by atoms with Crippen molar-refractivity contribution in [2.45, 2.75) is 31.9 Å². The molecule has 1 aliphatic heterocycles. The molecule has 100 valence electrons. The fourth-order valence-corrected chi connectivity index (χ4v) is 2.02. The van der Waals surface area contributed by atoms with Crippen LogP contribution in [0.3, 0.4) is 0 Å². The van der Waals surface area contributed by atoms with Crippen LogP contribution in [0.1, 0.15) is 25.8 Å². The van der Waals surface area contributed by atoms with Crippen molar-refractivity contribution in [2.75, 3.05) is 25.5 Å². The van der Waals surface area contributed by atoms with E-state index in [4.69, 9.17) is 4.74 Å². The Balaban J connectivity index is 1.95. The second-order valence-electron chi connectivity index (χ2n) is 4.56. The molecule has 0 aromatic carbocycles. The third-order valence-corrected chi connectivity index (χ3v) is 3.27. The van der Waals surface area contributed by atoms with E-state index < -0.39 is 6.10 Å². The average Bonchev–Trinajstić information content (AvgIpc) is 2.87. The van der Waals surface area contributed by atoms with E-state index in [-0.39, 0.29) is 5.91 Å². The molecule has 1 aromatic rings. The van der Waals surface area contributed by atoms with Gasteiger partial charge in [0.2, 0.25) is 0 Å². The first kappa shape index (κ1) is 13.0. The molecule has 1 aliphatic rings. The number of piperidine rings is 1. The fraction of sp³-hybridized carbons (Fsp3) is 0.667. The number of rotatable bonds is 4. The third kappa shape index (κ3) is 3.08. The second-order valence-corrected chi connectivity index (χ2v) is 4.56. The van der Waals surface area contributed by atoms with E-state index in [0.29, 0.717) is 6.04 Å². The van der Waals surface area contributed by atoms with Crippen LogP contribution in [0.4, 0.5) is 5.69 Å². The molecule has 1 unspecified atom stereocenters. The molecule has 1 fully saturated rings. The summed E-state index contributed by atoms with van der Waals surface area (Å²) in [6.07, 6.45) is 5.26. The monoisotopic (exact) mass is 252 g/mol. The number of ether oxygens (including phenoxy) is 1. The van der Waals surface area contributed by atoms with Gasteiger partial charge in [-0.05, 0) is 32.9 Å². The van der Waals surface area contributed by atoms with Gasteiger partial charge in [-0.15, -0.1) is 0 Å². The van der Waals surface area contributed by atoms with Crippen molar-refractivity contribution in [3.05, 3.63) is 12.4 Å². The van der Waals surface area contributed by atoms with Crippen LogP contribution in [0.5, 0.6) is 0 Å². The van der Waals surface area contributed by atoms with Crippen molar-refractivity contribution in [2.24, 2.45) is 0 Å². The molecule has 1 amide bonds. The molecular formula is C12H20N4O2. The summed E-state index contributed by atoms with van der Waals surface area (Å²) in [7, 11) is 1.52. The summed E-state index contributed by atoms with van der Waals surface area (Å²) in [6.45, 7) is 3.76. The molecule has 0 bridgehead atoms. The number of nitrogens with zero attached hydrogens (tertiary/aromatic N) is 2. The summed E-state index contributed by atoms with van der Waals surface area (Å²) in [5, 5.41) is 10.4. The van der Waals surface area contributed by atoms with E-state index >= 15 is 0 Å². The lowest BCUT2D eigenvalue weighted by atomic mass is 10.1. The van der Waals surface area contributed by atoms with Crippen LogP contribution in [0.2, 0.25) is 0 Å². The summed E-state index contributed by atoms with van der Waals surface area (Å²) >= 11 is 0. The molecule has 6 nitrogen and oxygen atoms in total. The van der Waals surface area contributed by atoms with Gasteiger partial charge in [-0.3, -0.25) is 9.48 Å². The molecule has 0 saturated carbocycles. The second kappa shape index (κ2) is 5.97. The van der Waals surface area contributed by atoms with Gasteiger partial charge < -0.3 is 15.4 Å². The first-order valence-electron chi connectivity index (χ1n) is 6.29. The zero-order chi connectivity index (χ0) is 13.0. The van der Waals surface area contributed by atoms with Crippen LogP contribution in [-0.2, 0) is 9.53 Å². The molecule has 2 rings (SSSR count). The van der Waals surface area contributed by atoms with Gasteiger partial charge in [-0.1, -0.05) is 0 Å². The first-order chi connectivity index (χ1) is 8.70. The Bertz CT molecular complexity index is 399. The number of amides is 1. The van der Waals surface area contributed by atoms with Crippen molar-refractivity contribution in [1.82, 2.24) is 15.1 Å². The zero-order valence-electron chi connectivity index (χ0n) is 10.8. The molecule has 6 heteroatoms. The number of hydrogen-bond acceptors (Lipinski definition) is 4. The maximum Gasteiger partial charge on any atom is 0.253 e. The Morgan fingerprint density at radius 3 is 3.00 bits per heavy atom. The Morgan fingerprint density at radius 1 is 1.61 bits per heavy atom. The fourth-order valence-electron chi connectivity index (χ4n) is 2.02. The van der Waals surface area contributed by atoms with Crippen LogP contribution >= 0.6 is 0 Å². The Labute approximate surface area is 107 Å². The van der Waals surface area contributed by atoms with Gasteiger partial charge in [0.25, 0.3) is 5.91 Å². The van der Waals surface area contributed by atoms with Gasteiger partial charge in [-0.2, -0.15) is 5.10 Å². The van der Waals surface area contributed by atoms with Gasteiger partial charge in [0, 0.05) is 13.3 Å². The lowest BCUT2D eigenvalue weighted by Gasteiger charge is -2.22. The molecule has 0 aliphatic carbocycles. The van der Waals surface area contributed by atoms with Gasteiger partial charge >= 0.3 is 0 Å². The molecule has 0 spiro atoms. The predicted molar refractivity (Wildman–Crippen MR) is 68.5 cm³/mol. The molecule has 0 radical (unpaired) electrons. The van der Waals surface area contributed by atoms with Crippen molar-refractivity contribution in [3.63, 3.8) is 0 Å². The smallest absolute Gasteiger partial charge is 0.253 e. The topological polar surface area (TPSA) is 68.2 Å². The Hall–Kier alpha value is -1.40. The van der Waals surface area contributed by atoms with Gasteiger partial charge in [0.1, 0.15) is 6.10 Å². The van der Waals surface area contributed by atoms with Crippen LogP contribution in [0, 0.1) is 0 Å². The highest BCUT2D eigenvalue weighted by atomic mass is 16.5. The minimum absolute atomic E-state index is 0.151. The van der Waals surface area contributed by atoms with Crippen molar-refractivity contribution in [3.8, 4) is 0 Å². The highest BCUT2D eigenvalue weighted by Crippen LogP contribution is 2.19. The van der Waals surface area contributed by atoms with Gasteiger partial charge in [-0.25, -0.2) is 0 Å². The van der Waals surface area contributed by atoms with E-state index in [2.05, 4.69) is 15.7 Å². The third-order valence-electron chi connectivity index (χ3n) is 3.27. The number of hydrogen-bond donors (Lipinski definition) is 2. The Kier molecular flexibility index (Phi) is 4.33. The van der Waals surface area contributed by atoms with Crippen LogP contribution < -0.4 is 10.6 Å². The average molecular weight is 252 g/mol. The first-order valence-corrected chi connectivity index (χ1v) is 6.29. The van der Waals surface area contributed by atoms with Crippen molar-refractivity contribution >= 4 is 11.6 Å². The summed E-state index contributed by atoms with van der Waals surface area (Å²) in [6, 6.07) is 0.428. The van der Waals surface area contributed by atoms with Crippen LogP contribution in [-0.4, -0.2) is 42.0 Å². The summed E-state index contributed by atoms with van der Waals surface area (Å²) in [5.41, 5.74) is 0.724. The Morgan fingerprint density at radius 2 is 2.33 bits per heavy atom. The van der Waals surface area contributed by atoms with Gasteiger partial charge in [0.05, 0.1) is 17.9 Å². The summed E-state index contributed by atoms with van der Waals surface area (Å²) < 4.78 is 6.90. The minimum atomic E-state index is -0.452. The molecule has 1 atom stereocenters. The normalized spacial score (nSPS) is 18.6. The molecule has 1 saturated heterocycles. The number of methoxy groups -OCH3 is 1. The van der Waals surface area contributed by atoms with E-state index in [1.165, 1.54) is 7.11 Å². The lowest BCUT2D eigenvalue weighted by molar-refractivity contribution is -0.124. The van der Waals surface area contributed by atoms with E-state index in [0.717, 1.165) is 31.6 Å². The molecule has 18 heavy (non-hydrogen) atoms. The van der Waals surface area contributed by atoms with Gasteiger partial charge in [0.15, 0.2) is 0 Å². The quantitative estimate of drug-likeness (QED) is 0.831. The number of carbonyl (C=O) groups is 1. The van der Waals surface area contributed by atoms with Crippen molar-refractivity contribution < 1.29 is 9.53 Å². The number of anilines is 1. The summed E-state index contributed by atoms with van der Waals surface area (Å²) in [4.78, 5) is 11.6. The number of aromatic nitrogens is 2. The van der Waals surface area contributed by atoms with Crippen LogP contribution in [0.15, 0.2) is 12.4 Å². The predicted octanol–water partition coefficient (Wildman–Crippen LogP) is 0.781. The molecular weight excluding hydrogens is 232 g/mol. The molecule has 2 heterocycles. The van der Waals surface area contributed by atoms with Crippen LogP contribution in [0.25, 0.3) is 0 Å².